The highest BCUT2D eigenvalue weighted by Crippen LogP contribution is 2.67. The summed E-state index contributed by atoms with van der Waals surface area (Å²) in [5.41, 5.74) is 3.26. The van der Waals surface area contributed by atoms with Crippen LogP contribution in [0.1, 0.15) is 52.9 Å². The van der Waals surface area contributed by atoms with Crippen LogP contribution in [0.4, 0.5) is 0 Å². The maximum Gasteiger partial charge on any atom is 0.0833 e. The lowest BCUT2D eigenvalue weighted by Gasteiger charge is -2.51. The summed E-state index contributed by atoms with van der Waals surface area (Å²) in [6, 6.07) is 0. The third-order valence-electron chi connectivity index (χ3n) is 7.64. The molecule has 4 atom stereocenters. The van der Waals surface area contributed by atoms with Gasteiger partial charge in [-0.15, -0.1) is 53.6 Å². The molecule has 2 saturated heterocycles. The molecular formula is C22H34OS4. The molecule has 2 aliphatic heterocycles. The molecule has 1 spiro atoms. The van der Waals surface area contributed by atoms with Crippen molar-refractivity contribution in [2.45, 2.75) is 67.6 Å². The summed E-state index contributed by atoms with van der Waals surface area (Å²) < 4.78 is 0.801. The number of aliphatic hydroxyl groups excluding tert-OH is 1. The molecule has 2 aliphatic carbocycles. The zero-order chi connectivity index (χ0) is 19.3. The van der Waals surface area contributed by atoms with Gasteiger partial charge in [-0.3, -0.25) is 0 Å². The average molecular weight is 443 g/mol. The Labute approximate surface area is 182 Å². The fourth-order valence-corrected chi connectivity index (χ4v) is 12.7. The Morgan fingerprint density at radius 2 is 1.89 bits per heavy atom. The predicted octanol–water partition coefficient (Wildman–Crippen LogP) is 6.44. The van der Waals surface area contributed by atoms with Crippen LogP contribution in [-0.4, -0.2) is 42.9 Å². The zero-order valence-electron chi connectivity index (χ0n) is 17.0. The molecule has 2 heterocycles. The van der Waals surface area contributed by atoms with Crippen LogP contribution in [0.5, 0.6) is 0 Å². The van der Waals surface area contributed by atoms with Crippen LogP contribution >= 0.6 is 47.0 Å². The summed E-state index contributed by atoms with van der Waals surface area (Å²) in [5.74, 6) is 5.53. The zero-order valence-corrected chi connectivity index (χ0v) is 20.2. The van der Waals surface area contributed by atoms with Crippen LogP contribution in [0.25, 0.3) is 0 Å². The first-order valence-electron chi connectivity index (χ1n) is 10.4. The maximum atomic E-state index is 11.8. The van der Waals surface area contributed by atoms with Gasteiger partial charge in [0.2, 0.25) is 0 Å². The van der Waals surface area contributed by atoms with E-state index in [9.17, 15) is 5.11 Å². The summed E-state index contributed by atoms with van der Waals surface area (Å²) >= 11 is 8.47. The summed E-state index contributed by atoms with van der Waals surface area (Å²) in [7, 11) is 0. The highest BCUT2D eigenvalue weighted by atomic mass is 32.2. The van der Waals surface area contributed by atoms with Crippen molar-refractivity contribution in [3.8, 4) is 0 Å². The summed E-state index contributed by atoms with van der Waals surface area (Å²) in [4.78, 5) is 0. The molecule has 2 fully saturated rings. The second kappa shape index (κ2) is 7.83. The minimum atomic E-state index is -0.292. The molecule has 4 aliphatic rings. The van der Waals surface area contributed by atoms with Crippen molar-refractivity contribution in [2.24, 2.45) is 16.7 Å². The number of hydrogen-bond donors (Lipinski definition) is 1. The topological polar surface area (TPSA) is 20.2 Å². The van der Waals surface area contributed by atoms with Crippen molar-refractivity contribution in [3.05, 3.63) is 23.8 Å². The second-order valence-corrected chi connectivity index (χ2v) is 14.9. The quantitative estimate of drug-likeness (QED) is 0.493. The number of aliphatic hydroxyl groups is 1. The Balaban J connectivity index is 1.66. The van der Waals surface area contributed by atoms with Crippen LogP contribution in [-0.2, 0) is 0 Å². The van der Waals surface area contributed by atoms with Crippen LogP contribution in [0.15, 0.2) is 23.8 Å². The molecule has 0 unspecified atom stereocenters. The van der Waals surface area contributed by atoms with Gasteiger partial charge in [0, 0.05) is 33.8 Å². The fraction of sp³-hybridized carbons (Fsp3) is 0.818. The first-order valence-corrected chi connectivity index (χ1v) is 14.5. The number of thioether (sulfide) groups is 4. The van der Waals surface area contributed by atoms with E-state index in [1.54, 1.807) is 11.1 Å². The van der Waals surface area contributed by atoms with Crippen molar-refractivity contribution in [1.82, 2.24) is 0 Å². The minimum absolute atomic E-state index is 0.00607. The SMILES string of the molecule is C=C[C@](C)(C[C@@H](O)[C@@]1(C)C2=C(CC[C@H]1C)CCC21SCCS1)C1SCCS1. The largest absolute Gasteiger partial charge is 0.392 e. The molecule has 5 heteroatoms. The molecule has 0 aromatic rings. The Kier molecular flexibility index (Phi) is 6.12. The van der Waals surface area contributed by atoms with Gasteiger partial charge in [0.15, 0.2) is 0 Å². The van der Waals surface area contributed by atoms with Gasteiger partial charge in [-0.05, 0) is 43.6 Å². The molecule has 0 aromatic carbocycles. The van der Waals surface area contributed by atoms with Gasteiger partial charge >= 0.3 is 0 Å². The van der Waals surface area contributed by atoms with Crippen molar-refractivity contribution in [3.63, 3.8) is 0 Å². The number of rotatable bonds is 5. The van der Waals surface area contributed by atoms with Gasteiger partial charge in [-0.25, -0.2) is 0 Å². The van der Waals surface area contributed by atoms with E-state index in [-0.39, 0.29) is 21.0 Å². The molecule has 1 N–H and O–H groups in total. The van der Waals surface area contributed by atoms with E-state index in [0.717, 1.165) is 6.42 Å². The normalized spacial score (nSPS) is 36.8. The van der Waals surface area contributed by atoms with Gasteiger partial charge in [0.05, 0.1) is 14.8 Å². The second-order valence-electron chi connectivity index (χ2n) is 9.15. The number of allylic oxidation sites excluding steroid dienone is 2. The van der Waals surface area contributed by atoms with E-state index in [1.165, 1.54) is 48.7 Å². The van der Waals surface area contributed by atoms with Gasteiger partial charge in [-0.1, -0.05) is 32.4 Å². The Morgan fingerprint density at radius 3 is 2.52 bits per heavy atom. The van der Waals surface area contributed by atoms with Crippen LogP contribution < -0.4 is 0 Å². The van der Waals surface area contributed by atoms with Crippen LogP contribution in [0, 0.1) is 16.7 Å². The predicted molar refractivity (Wildman–Crippen MR) is 128 cm³/mol. The Bertz CT molecular complexity index is 620. The molecule has 1 nitrogen and oxygen atoms in total. The molecule has 0 bridgehead atoms. The molecule has 152 valence electrons. The number of fused-ring (bicyclic) bond motifs is 1. The van der Waals surface area contributed by atoms with E-state index >= 15 is 0 Å². The highest BCUT2D eigenvalue weighted by Gasteiger charge is 2.57. The molecule has 0 aromatic heterocycles. The van der Waals surface area contributed by atoms with Gasteiger partial charge in [-0.2, -0.15) is 0 Å². The third kappa shape index (κ3) is 3.40. The third-order valence-corrected chi connectivity index (χ3v) is 14.8. The van der Waals surface area contributed by atoms with Crippen molar-refractivity contribution in [2.75, 3.05) is 23.0 Å². The molecule has 0 amide bonds. The van der Waals surface area contributed by atoms with E-state index in [0.29, 0.717) is 10.5 Å². The Hall–Kier alpha value is 0.840. The summed E-state index contributed by atoms with van der Waals surface area (Å²) in [6.07, 6.45) is 7.72. The number of hydrogen-bond acceptors (Lipinski definition) is 5. The van der Waals surface area contributed by atoms with E-state index < -0.39 is 0 Å². The summed E-state index contributed by atoms with van der Waals surface area (Å²) in [5, 5.41) is 11.8. The fourth-order valence-electron chi connectivity index (χ4n) is 5.70. The van der Waals surface area contributed by atoms with E-state index in [2.05, 4.69) is 80.5 Å². The van der Waals surface area contributed by atoms with Crippen LogP contribution in [0.2, 0.25) is 0 Å². The van der Waals surface area contributed by atoms with Gasteiger partial charge in [0.1, 0.15) is 0 Å². The molecule has 27 heavy (non-hydrogen) atoms. The molecular weight excluding hydrogens is 409 g/mol. The van der Waals surface area contributed by atoms with Crippen molar-refractivity contribution >= 4 is 47.0 Å². The first kappa shape index (κ1) is 21.1. The van der Waals surface area contributed by atoms with Gasteiger partial charge < -0.3 is 5.11 Å². The average Bonchev–Trinajstić information content (AvgIpc) is 3.41. The minimum Gasteiger partial charge on any atom is -0.392 e. The van der Waals surface area contributed by atoms with Gasteiger partial charge in [0.25, 0.3) is 0 Å². The lowest BCUT2D eigenvalue weighted by molar-refractivity contribution is -0.00664. The first-order chi connectivity index (χ1) is 12.9. The Morgan fingerprint density at radius 1 is 1.22 bits per heavy atom. The smallest absolute Gasteiger partial charge is 0.0833 e. The van der Waals surface area contributed by atoms with Crippen molar-refractivity contribution < 1.29 is 5.11 Å². The lowest BCUT2D eigenvalue weighted by Crippen LogP contribution is -2.48. The molecule has 0 saturated carbocycles. The summed E-state index contributed by atoms with van der Waals surface area (Å²) in [6.45, 7) is 11.3. The van der Waals surface area contributed by atoms with E-state index in [4.69, 9.17) is 0 Å². The standard InChI is InChI=1S/C22H34OS4/c1-5-20(3,19-24-10-11-25-19)14-17(23)21(4)15(2)6-7-16-8-9-22(18(16)21)26-12-13-27-22/h5,15,17,19,23H,1,6-14H2,2-4H3/t15-,17-,20-,21+/m1/s1. The van der Waals surface area contributed by atoms with E-state index in [1.807, 2.05) is 0 Å². The van der Waals surface area contributed by atoms with Crippen LogP contribution in [0.3, 0.4) is 0 Å². The lowest BCUT2D eigenvalue weighted by atomic mass is 9.60. The highest BCUT2D eigenvalue weighted by molar-refractivity contribution is 8.21. The molecule has 4 rings (SSSR count). The maximum absolute atomic E-state index is 11.8. The van der Waals surface area contributed by atoms with Crippen molar-refractivity contribution in [1.29, 1.82) is 0 Å². The monoisotopic (exact) mass is 442 g/mol. The molecule has 0 radical (unpaired) electrons.